The molecule has 1 radical (unpaired) electrons. The van der Waals surface area contributed by atoms with Gasteiger partial charge >= 0.3 is 0 Å². The van der Waals surface area contributed by atoms with Crippen molar-refractivity contribution in [2.45, 2.75) is 25.7 Å². The third-order valence-electron chi connectivity index (χ3n) is 2.09. The van der Waals surface area contributed by atoms with E-state index < -0.39 is 0 Å². The molecule has 51 valence electrons. The molecule has 0 bridgehead atoms. The molecule has 0 aromatic heterocycles. The molecule has 0 spiro atoms. The summed E-state index contributed by atoms with van der Waals surface area (Å²) in [6, 6.07) is 9.54. The first kappa shape index (κ1) is 5.96. The zero-order valence-electron chi connectivity index (χ0n) is 6.22. The molecule has 1 saturated carbocycles. The molecule has 1 fully saturated rings. The standard InChI is InChI=1S/C10H11/c1-8-4-2-3-5-10(8)9-6-7-9/h2-4,9H,6-7H2,1H3. The summed E-state index contributed by atoms with van der Waals surface area (Å²) in [6.45, 7) is 2.17. The molecule has 0 N–H and O–H groups in total. The maximum absolute atomic E-state index is 3.30. The molecule has 0 saturated heterocycles. The highest BCUT2D eigenvalue weighted by Gasteiger charge is 2.24. The lowest BCUT2D eigenvalue weighted by atomic mass is 10.1. The monoisotopic (exact) mass is 131 g/mol. The topological polar surface area (TPSA) is 0 Å². The Bertz CT molecular complexity index is 234. The van der Waals surface area contributed by atoms with E-state index in [4.69, 9.17) is 0 Å². The summed E-state index contributed by atoms with van der Waals surface area (Å²) < 4.78 is 0. The van der Waals surface area contributed by atoms with Crippen molar-refractivity contribution in [1.29, 1.82) is 0 Å². The summed E-state index contributed by atoms with van der Waals surface area (Å²) in [5.74, 6) is 0.848. The van der Waals surface area contributed by atoms with Gasteiger partial charge in [0, 0.05) is 0 Å². The van der Waals surface area contributed by atoms with Crippen molar-refractivity contribution in [2.75, 3.05) is 0 Å². The second-order valence-corrected chi connectivity index (χ2v) is 3.04. The third-order valence-corrected chi connectivity index (χ3v) is 2.09. The minimum Gasteiger partial charge on any atom is -0.0614 e. The van der Waals surface area contributed by atoms with Gasteiger partial charge in [0.15, 0.2) is 0 Å². The lowest BCUT2D eigenvalue weighted by Crippen LogP contribution is -1.83. The molecule has 0 atom stereocenters. The van der Waals surface area contributed by atoms with Gasteiger partial charge in [0.2, 0.25) is 0 Å². The summed E-state index contributed by atoms with van der Waals surface area (Å²) in [6.07, 6.45) is 2.75. The van der Waals surface area contributed by atoms with Crippen molar-refractivity contribution in [2.24, 2.45) is 0 Å². The maximum Gasteiger partial charge on any atom is -0.0143 e. The summed E-state index contributed by atoms with van der Waals surface area (Å²) in [7, 11) is 0. The highest BCUT2D eigenvalue weighted by molar-refractivity contribution is 5.30. The van der Waals surface area contributed by atoms with Crippen molar-refractivity contribution in [3.63, 3.8) is 0 Å². The largest absolute Gasteiger partial charge is 0.0614 e. The average molecular weight is 131 g/mol. The number of benzene rings is 1. The van der Waals surface area contributed by atoms with Crippen molar-refractivity contribution < 1.29 is 0 Å². The molecule has 0 heterocycles. The maximum atomic E-state index is 3.30. The van der Waals surface area contributed by atoms with Gasteiger partial charge in [0.25, 0.3) is 0 Å². The van der Waals surface area contributed by atoms with Gasteiger partial charge in [0.1, 0.15) is 0 Å². The fourth-order valence-electron chi connectivity index (χ4n) is 1.35. The summed E-state index contributed by atoms with van der Waals surface area (Å²) in [5, 5.41) is 0. The number of rotatable bonds is 1. The van der Waals surface area contributed by atoms with E-state index in [2.05, 4.69) is 25.1 Å². The Kier molecular flexibility index (Phi) is 1.26. The third kappa shape index (κ3) is 0.942. The van der Waals surface area contributed by atoms with E-state index in [1.54, 1.807) is 0 Å². The van der Waals surface area contributed by atoms with E-state index in [-0.39, 0.29) is 0 Å². The highest BCUT2D eigenvalue weighted by atomic mass is 14.3. The Morgan fingerprint density at radius 3 is 2.90 bits per heavy atom. The van der Waals surface area contributed by atoms with Crippen LogP contribution in [0.15, 0.2) is 18.2 Å². The molecular weight excluding hydrogens is 120 g/mol. The first-order valence-corrected chi connectivity index (χ1v) is 3.85. The average Bonchev–Trinajstić information content (AvgIpc) is 2.71. The van der Waals surface area contributed by atoms with Gasteiger partial charge < -0.3 is 0 Å². The molecule has 10 heavy (non-hydrogen) atoms. The van der Waals surface area contributed by atoms with Crippen LogP contribution < -0.4 is 0 Å². The SMILES string of the molecule is Cc1ccc[c]c1C1CC1. The van der Waals surface area contributed by atoms with Crippen LogP contribution >= 0.6 is 0 Å². The van der Waals surface area contributed by atoms with Crippen molar-refractivity contribution >= 4 is 0 Å². The van der Waals surface area contributed by atoms with Crippen LogP contribution in [0.3, 0.4) is 0 Å². The predicted octanol–water partition coefficient (Wildman–Crippen LogP) is 2.67. The molecule has 0 aliphatic heterocycles. The fourth-order valence-corrected chi connectivity index (χ4v) is 1.35. The Labute approximate surface area is 61.9 Å². The Morgan fingerprint density at radius 1 is 1.50 bits per heavy atom. The van der Waals surface area contributed by atoms with Gasteiger partial charge in [-0.15, -0.1) is 0 Å². The molecule has 1 aliphatic rings. The molecule has 0 amide bonds. The summed E-state index contributed by atoms with van der Waals surface area (Å²) in [5.41, 5.74) is 2.85. The zero-order chi connectivity index (χ0) is 6.97. The normalized spacial score (nSPS) is 17.3. The lowest BCUT2D eigenvalue weighted by Gasteiger charge is -1.99. The minimum absolute atomic E-state index is 0.848. The lowest BCUT2D eigenvalue weighted by molar-refractivity contribution is 1.09. The van der Waals surface area contributed by atoms with E-state index in [0.717, 1.165) is 5.92 Å². The minimum atomic E-state index is 0.848. The molecule has 0 nitrogen and oxygen atoms in total. The van der Waals surface area contributed by atoms with E-state index in [1.165, 1.54) is 24.0 Å². The van der Waals surface area contributed by atoms with Crippen LogP contribution in [0, 0.1) is 13.0 Å². The molecule has 1 aromatic carbocycles. The molecule has 2 rings (SSSR count). The molecular formula is C10H11. The van der Waals surface area contributed by atoms with Crippen LogP contribution in [-0.2, 0) is 0 Å². The van der Waals surface area contributed by atoms with E-state index in [1.807, 2.05) is 6.07 Å². The van der Waals surface area contributed by atoms with Gasteiger partial charge in [-0.25, -0.2) is 0 Å². The van der Waals surface area contributed by atoms with E-state index in [9.17, 15) is 0 Å². The number of hydrogen-bond acceptors (Lipinski definition) is 0. The second kappa shape index (κ2) is 2.12. The first-order chi connectivity index (χ1) is 4.88. The van der Waals surface area contributed by atoms with E-state index in [0.29, 0.717) is 0 Å². The zero-order valence-corrected chi connectivity index (χ0v) is 6.22. The predicted molar refractivity (Wildman–Crippen MR) is 42.0 cm³/mol. The van der Waals surface area contributed by atoms with Gasteiger partial charge in [-0.3, -0.25) is 0 Å². The van der Waals surface area contributed by atoms with Crippen LogP contribution in [0.1, 0.15) is 29.9 Å². The highest BCUT2D eigenvalue weighted by Crippen LogP contribution is 2.40. The Balaban J connectivity index is 2.39. The first-order valence-electron chi connectivity index (χ1n) is 3.85. The fraction of sp³-hybridized carbons (Fsp3) is 0.400. The van der Waals surface area contributed by atoms with Crippen molar-refractivity contribution in [1.82, 2.24) is 0 Å². The van der Waals surface area contributed by atoms with Crippen molar-refractivity contribution in [3.05, 3.63) is 35.4 Å². The van der Waals surface area contributed by atoms with Crippen LogP contribution in [0.25, 0.3) is 0 Å². The molecule has 1 aromatic rings. The van der Waals surface area contributed by atoms with Crippen LogP contribution in [0.4, 0.5) is 0 Å². The van der Waals surface area contributed by atoms with Crippen LogP contribution in [0.2, 0.25) is 0 Å². The van der Waals surface area contributed by atoms with Crippen molar-refractivity contribution in [3.8, 4) is 0 Å². The summed E-state index contributed by atoms with van der Waals surface area (Å²) >= 11 is 0. The van der Waals surface area contributed by atoms with Gasteiger partial charge in [-0.05, 0) is 42.9 Å². The van der Waals surface area contributed by atoms with Gasteiger partial charge in [0.05, 0.1) is 0 Å². The molecule has 0 unspecified atom stereocenters. The second-order valence-electron chi connectivity index (χ2n) is 3.04. The van der Waals surface area contributed by atoms with Crippen LogP contribution in [0.5, 0.6) is 0 Å². The smallest absolute Gasteiger partial charge is 0.0143 e. The van der Waals surface area contributed by atoms with Gasteiger partial charge in [-0.2, -0.15) is 0 Å². The number of aryl methyl sites for hydroxylation is 1. The number of hydrogen-bond donors (Lipinski definition) is 0. The van der Waals surface area contributed by atoms with Crippen LogP contribution in [-0.4, -0.2) is 0 Å². The molecule has 1 aliphatic carbocycles. The van der Waals surface area contributed by atoms with E-state index >= 15 is 0 Å². The Hall–Kier alpha value is -0.780. The Morgan fingerprint density at radius 2 is 2.30 bits per heavy atom. The molecule has 0 heteroatoms. The summed E-state index contributed by atoms with van der Waals surface area (Å²) in [4.78, 5) is 0. The van der Waals surface area contributed by atoms with Gasteiger partial charge in [-0.1, -0.05) is 18.2 Å². The quantitative estimate of drug-likeness (QED) is 0.549.